The van der Waals surface area contributed by atoms with Gasteiger partial charge < -0.3 is 10.0 Å². The van der Waals surface area contributed by atoms with E-state index in [1.165, 1.54) is 0 Å². The molecule has 0 bridgehead atoms. The van der Waals surface area contributed by atoms with Crippen LogP contribution in [0.25, 0.3) is 0 Å². The Morgan fingerprint density at radius 1 is 1.39 bits per heavy atom. The Labute approximate surface area is 106 Å². The number of rotatable bonds is 6. The van der Waals surface area contributed by atoms with Crippen molar-refractivity contribution >= 4 is 11.7 Å². The highest BCUT2D eigenvalue weighted by molar-refractivity contribution is 5.73. The zero-order valence-electron chi connectivity index (χ0n) is 10.2. The Bertz CT molecular complexity index is 460. The van der Waals surface area contributed by atoms with Crippen molar-refractivity contribution in [1.29, 1.82) is 5.26 Å². The van der Waals surface area contributed by atoms with Crippen LogP contribution in [-0.4, -0.2) is 24.2 Å². The molecule has 0 aromatic heterocycles. The van der Waals surface area contributed by atoms with E-state index in [9.17, 15) is 4.79 Å². The van der Waals surface area contributed by atoms with Gasteiger partial charge in [0.2, 0.25) is 0 Å². The molecule has 1 saturated carbocycles. The summed E-state index contributed by atoms with van der Waals surface area (Å²) in [5, 5.41) is 17.8. The number of carboxylic acids is 1. The molecular weight excluding hydrogens is 228 g/mol. The van der Waals surface area contributed by atoms with Crippen LogP contribution in [0.1, 0.15) is 19.3 Å². The molecule has 0 atom stereocenters. The van der Waals surface area contributed by atoms with Gasteiger partial charge in [-0.1, -0.05) is 18.2 Å². The van der Waals surface area contributed by atoms with Crippen molar-refractivity contribution in [2.75, 3.05) is 18.0 Å². The molecule has 1 fully saturated rings. The molecule has 0 radical (unpaired) electrons. The van der Waals surface area contributed by atoms with E-state index in [-0.39, 0.29) is 12.0 Å². The average molecular weight is 244 g/mol. The van der Waals surface area contributed by atoms with E-state index in [1.807, 2.05) is 35.2 Å². The fraction of sp³-hybridized carbons (Fsp3) is 0.429. The van der Waals surface area contributed by atoms with Crippen LogP contribution in [0.15, 0.2) is 30.3 Å². The van der Waals surface area contributed by atoms with E-state index in [4.69, 9.17) is 10.4 Å². The summed E-state index contributed by atoms with van der Waals surface area (Å²) in [5.41, 5.74) is 0.921. The van der Waals surface area contributed by atoms with Gasteiger partial charge in [-0.05, 0) is 25.0 Å². The molecular formula is C14H16N2O2. The van der Waals surface area contributed by atoms with E-state index >= 15 is 0 Å². The first kappa shape index (κ1) is 12.4. The summed E-state index contributed by atoms with van der Waals surface area (Å²) in [6.45, 7) is 0.633. The molecule has 0 heterocycles. The first-order chi connectivity index (χ1) is 8.65. The van der Waals surface area contributed by atoms with Crippen LogP contribution < -0.4 is 4.90 Å². The number of benzene rings is 1. The molecule has 0 unspecified atom stereocenters. The van der Waals surface area contributed by atoms with E-state index in [1.54, 1.807) is 0 Å². The fourth-order valence-electron chi connectivity index (χ4n) is 2.18. The predicted molar refractivity (Wildman–Crippen MR) is 68.2 cm³/mol. The maximum Gasteiger partial charge on any atom is 0.323 e. The third kappa shape index (κ3) is 3.01. The molecule has 1 aliphatic rings. The second-order valence-electron chi connectivity index (χ2n) is 4.92. The number of hydrogen-bond acceptors (Lipinski definition) is 3. The highest BCUT2D eigenvalue weighted by Gasteiger charge is 2.44. The molecule has 1 aliphatic carbocycles. The standard InChI is InChI=1S/C14H16N2O2/c15-9-8-14(6-7-14)11-16(10-13(17)18)12-4-2-1-3-5-12/h1-5H,6-8,10-11H2,(H,17,18). The lowest BCUT2D eigenvalue weighted by atomic mass is 10.0. The first-order valence-electron chi connectivity index (χ1n) is 6.04. The maximum absolute atomic E-state index is 10.9. The van der Waals surface area contributed by atoms with E-state index in [0.717, 1.165) is 18.5 Å². The molecule has 18 heavy (non-hydrogen) atoms. The number of nitriles is 1. The zero-order valence-corrected chi connectivity index (χ0v) is 10.2. The van der Waals surface area contributed by atoms with E-state index in [2.05, 4.69) is 6.07 Å². The third-order valence-corrected chi connectivity index (χ3v) is 3.38. The van der Waals surface area contributed by atoms with Gasteiger partial charge in [0, 0.05) is 24.1 Å². The van der Waals surface area contributed by atoms with Crippen molar-refractivity contribution in [3.63, 3.8) is 0 Å². The average Bonchev–Trinajstić information content (AvgIpc) is 3.09. The summed E-state index contributed by atoms with van der Waals surface area (Å²) in [5.74, 6) is -0.841. The second-order valence-corrected chi connectivity index (χ2v) is 4.92. The SMILES string of the molecule is N#CCC1(CN(CC(=O)O)c2ccccc2)CC1. The molecule has 1 N–H and O–H groups in total. The Morgan fingerprint density at radius 2 is 2.06 bits per heavy atom. The summed E-state index contributed by atoms with van der Waals surface area (Å²) in [6, 6.07) is 11.7. The summed E-state index contributed by atoms with van der Waals surface area (Å²) >= 11 is 0. The van der Waals surface area contributed by atoms with Crippen LogP contribution in [0.3, 0.4) is 0 Å². The van der Waals surface area contributed by atoms with Crippen molar-refractivity contribution in [1.82, 2.24) is 0 Å². The Kier molecular flexibility index (Phi) is 3.52. The minimum Gasteiger partial charge on any atom is -0.480 e. The number of para-hydroxylation sites is 1. The number of aliphatic carboxylic acids is 1. The van der Waals surface area contributed by atoms with Gasteiger partial charge in [-0.2, -0.15) is 5.26 Å². The van der Waals surface area contributed by atoms with Gasteiger partial charge in [-0.15, -0.1) is 0 Å². The normalized spacial score (nSPS) is 15.7. The smallest absolute Gasteiger partial charge is 0.323 e. The lowest BCUT2D eigenvalue weighted by Crippen LogP contribution is -2.35. The van der Waals surface area contributed by atoms with Crippen LogP contribution in [-0.2, 0) is 4.79 Å². The summed E-state index contributed by atoms with van der Waals surface area (Å²) in [7, 11) is 0. The van der Waals surface area contributed by atoms with E-state index < -0.39 is 5.97 Å². The summed E-state index contributed by atoms with van der Waals surface area (Å²) in [4.78, 5) is 12.8. The summed E-state index contributed by atoms with van der Waals surface area (Å²) < 4.78 is 0. The quantitative estimate of drug-likeness (QED) is 0.833. The number of hydrogen-bond donors (Lipinski definition) is 1. The van der Waals surface area contributed by atoms with Crippen molar-refractivity contribution in [3.8, 4) is 6.07 Å². The van der Waals surface area contributed by atoms with E-state index in [0.29, 0.717) is 13.0 Å². The van der Waals surface area contributed by atoms with Crippen LogP contribution in [0.5, 0.6) is 0 Å². The van der Waals surface area contributed by atoms with Crippen LogP contribution in [0.4, 0.5) is 5.69 Å². The highest BCUT2D eigenvalue weighted by atomic mass is 16.4. The number of carboxylic acid groups (broad SMARTS) is 1. The largest absolute Gasteiger partial charge is 0.480 e. The van der Waals surface area contributed by atoms with Crippen molar-refractivity contribution in [2.45, 2.75) is 19.3 Å². The second kappa shape index (κ2) is 5.09. The van der Waals surface area contributed by atoms with Gasteiger partial charge in [0.25, 0.3) is 0 Å². The molecule has 4 heteroatoms. The Morgan fingerprint density at radius 3 is 2.56 bits per heavy atom. The summed E-state index contributed by atoms with van der Waals surface area (Å²) in [6.07, 6.45) is 2.54. The molecule has 0 amide bonds. The van der Waals surface area contributed by atoms with Gasteiger partial charge in [0.1, 0.15) is 6.54 Å². The molecule has 2 rings (SSSR count). The van der Waals surface area contributed by atoms with Gasteiger partial charge in [-0.3, -0.25) is 4.79 Å². The number of nitrogens with zero attached hydrogens (tertiary/aromatic N) is 2. The lowest BCUT2D eigenvalue weighted by molar-refractivity contribution is -0.135. The van der Waals surface area contributed by atoms with Crippen LogP contribution in [0, 0.1) is 16.7 Å². The zero-order chi connectivity index (χ0) is 13.0. The fourth-order valence-corrected chi connectivity index (χ4v) is 2.18. The minimum absolute atomic E-state index is 0.0139. The first-order valence-corrected chi connectivity index (χ1v) is 6.04. The Hall–Kier alpha value is -2.02. The van der Waals surface area contributed by atoms with Crippen molar-refractivity contribution < 1.29 is 9.90 Å². The van der Waals surface area contributed by atoms with Crippen molar-refractivity contribution in [2.24, 2.45) is 5.41 Å². The highest BCUT2D eigenvalue weighted by Crippen LogP contribution is 2.49. The Balaban J connectivity index is 2.12. The van der Waals surface area contributed by atoms with Crippen molar-refractivity contribution in [3.05, 3.63) is 30.3 Å². The monoisotopic (exact) mass is 244 g/mol. The van der Waals surface area contributed by atoms with Gasteiger partial charge in [-0.25, -0.2) is 0 Å². The van der Waals surface area contributed by atoms with Crippen LogP contribution in [0.2, 0.25) is 0 Å². The van der Waals surface area contributed by atoms with Gasteiger partial charge in [0.15, 0.2) is 0 Å². The predicted octanol–water partition coefficient (Wildman–Crippen LogP) is 2.27. The molecule has 0 aliphatic heterocycles. The molecule has 0 spiro atoms. The van der Waals surface area contributed by atoms with Crippen LogP contribution >= 0.6 is 0 Å². The molecule has 1 aromatic rings. The number of anilines is 1. The van der Waals surface area contributed by atoms with Gasteiger partial charge >= 0.3 is 5.97 Å². The number of carbonyl (C=O) groups is 1. The topological polar surface area (TPSA) is 64.3 Å². The third-order valence-electron chi connectivity index (χ3n) is 3.38. The molecule has 1 aromatic carbocycles. The molecule has 4 nitrogen and oxygen atoms in total. The van der Waals surface area contributed by atoms with Gasteiger partial charge in [0.05, 0.1) is 6.07 Å². The molecule has 94 valence electrons. The maximum atomic E-state index is 10.9. The lowest BCUT2D eigenvalue weighted by Gasteiger charge is -2.27. The minimum atomic E-state index is -0.841. The molecule has 0 saturated heterocycles.